The van der Waals surface area contributed by atoms with Crippen molar-refractivity contribution in [2.75, 3.05) is 13.2 Å². The summed E-state index contributed by atoms with van der Waals surface area (Å²) in [6.45, 7) is 0.175. The number of esters is 1. The Morgan fingerprint density at radius 2 is 1.76 bits per heavy atom. The SMILES string of the molecule is NS(=O)(=O)c1ccc(OCCOC(=O)CCc2nc(-c3ccccc3)no2)cc1. The van der Waals surface area contributed by atoms with Gasteiger partial charge >= 0.3 is 5.97 Å². The molecule has 3 rings (SSSR count). The van der Waals surface area contributed by atoms with Gasteiger partial charge in [-0.05, 0) is 24.3 Å². The van der Waals surface area contributed by atoms with Crippen LogP contribution in [0.4, 0.5) is 0 Å². The molecule has 152 valence electrons. The summed E-state index contributed by atoms with van der Waals surface area (Å²) in [5.74, 6) is 0.841. The molecule has 0 aliphatic heterocycles. The second-order valence-corrected chi connectivity index (χ2v) is 7.52. The lowest BCUT2D eigenvalue weighted by molar-refractivity contribution is -0.144. The number of sulfonamides is 1. The van der Waals surface area contributed by atoms with Gasteiger partial charge in [0.05, 0.1) is 11.3 Å². The van der Waals surface area contributed by atoms with E-state index in [-0.39, 0.29) is 31.0 Å². The lowest BCUT2D eigenvalue weighted by Gasteiger charge is -2.07. The van der Waals surface area contributed by atoms with E-state index in [1.165, 1.54) is 24.3 Å². The zero-order chi connectivity index (χ0) is 20.7. The Morgan fingerprint density at radius 1 is 1.03 bits per heavy atom. The molecule has 0 aliphatic rings. The molecule has 3 aromatic rings. The Morgan fingerprint density at radius 3 is 2.45 bits per heavy atom. The lowest BCUT2D eigenvalue weighted by Crippen LogP contribution is -2.13. The third kappa shape index (κ3) is 6.13. The molecule has 2 aromatic carbocycles. The summed E-state index contributed by atoms with van der Waals surface area (Å²) in [5, 5.41) is 8.91. The van der Waals surface area contributed by atoms with Crippen molar-refractivity contribution < 1.29 is 27.2 Å². The number of carbonyl (C=O) groups is 1. The van der Waals surface area contributed by atoms with Crippen LogP contribution in [0.1, 0.15) is 12.3 Å². The van der Waals surface area contributed by atoms with Gasteiger partial charge in [0.2, 0.25) is 21.7 Å². The number of carbonyl (C=O) groups excluding carboxylic acids is 1. The fraction of sp³-hybridized carbons (Fsp3) is 0.211. The van der Waals surface area contributed by atoms with Gasteiger partial charge in [-0.1, -0.05) is 35.5 Å². The topological polar surface area (TPSA) is 135 Å². The van der Waals surface area contributed by atoms with E-state index < -0.39 is 16.0 Å². The monoisotopic (exact) mass is 417 g/mol. The van der Waals surface area contributed by atoms with Crippen molar-refractivity contribution in [2.24, 2.45) is 5.14 Å². The second-order valence-electron chi connectivity index (χ2n) is 5.96. The smallest absolute Gasteiger partial charge is 0.306 e. The predicted molar refractivity (Wildman–Crippen MR) is 102 cm³/mol. The molecule has 0 atom stereocenters. The first kappa shape index (κ1) is 20.5. The number of nitrogens with zero attached hydrogens (tertiary/aromatic N) is 2. The Labute approximate surface area is 167 Å². The number of benzene rings is 2. The summed E-state index contributed by atoms with van der Waals surface area (Å²) in [4.78, 5) is 16.1. The van der Waals surface area contributed by atoms with Gasteiger partial charge in [0, 0.05) is 12.0 Å². The fourth-order valence-corrected chi connectivity index (χ4v) is 2.90. The third-order valence-electron chi connectivity index (χ3n) is 3.81. The van der Waals surface area contributed by atoms with Crippen LogP contribution in [0.3, 0.4) is 0 Å². The van der Waals surface area contributed by atoms with Gasteiger partial charge in [-0.3, -0.25) is 4.79 Å². The molecule has 0 fully saturated rings. The minimum atomic E-state index is -3.74. The average Bonchev–Trinajstić information content (AvgIpc) is 3.19. The molecule has 0 bridgehead atoms. The number of nitrogens with two attached hydrogens (primary N) is 1. The summed E-state index contributed by atoms with van der Waals surface area (Å²) in [6, 6.07) is 15.0. The molecular formula is C19H19N3O6S. The first-order valence-corrected chi connectivity index (χ1v) is 10.3. The van der Waals surface area contributed by atoms with Crippen LogP contribution < -0.4 is 9.88 Å². The van der Waals surface area contributed by atoms with Gasteiger partial charge < -0.3 is 14.0 Å². The number of rotatable bonds is 9. The Balaban J connectivity index is 1.37. The molecule has 2 N–H and O–H groups in total. The van der Waals surface area contributed by atoms with Crippen molar-refractivity contribution in [2.45, 2.75) is 17.7 Å². The molecule has 0 amide bonds. The standard InChI is InChI=1S/C19H19N3O6S/c20-29(24,25)16-8-6-15(7-9-16)26-12-13-27-18(23)11-10-17-21-19(22-28-17)14-4-2-1-3-5-14/h1-9H,10-13H2,(H2,20,24,25). The van der Waals surface area contributed by atoms with E-state index in [4.69, 9.17) is 19.1 Å². The summed E-state index contributed by atoms with van der Waals surface area (Å²) >= 11 is 0. The zero-order valence-electron chi connectivity index (χ0n) is 15.4. The van der Waals surface area contributed by atoms with Crippen LogP contribution in [-0.2, 0) is 26.0 Å². The molecule has 0 radical (unpaired) electrons. The largest absolute Gasteiger partial charge is 0.490 e. The third-order valence-corrected chi connectivity index (χ3v) is 4.74. The van der Waals surface area contributed by atoms with Crippen LogP contribution in [0.2, 0.25) is 0 Å². The molecule has 0 saturated heterocycles. The Kier molecular flexibility index (Phi) is 6.57. The van der Waals surface area contributed by atoms with E-state index in [1.54, 1.807) is 0 Å². The molecule has 0 aliphatic carbocycles. The van der Waals surface area contributed by atoms with Crippen LogP contribution in [-0.4, -0.2) is 37.7 Å². The number of aryl methyl sites for hydroxylation is 1. The van der Waals surface area contributed by atoms with Crippen LogP contribution in [0.15, 0.2) is 64.0 Å². The van der Waals surface area contributed by atoms with Crippen LogP contribution >= 0.6 is 0 Å². The summed E-state index contributed by atoms with van der Waals surface area (Å²) in [6.07, 6.45) is 0.369. The predicted octanol–water partition coefficient (Wildman–Crippen LogP) is 1.94. The molecule has 0 saturated carbocycles. The highest BCUT2D eigenvalue weighted by Gasteiger charge is 2.11. The second kappa shape index (κ2) is 9.30. The van der Waals surface area contributed by atoms with Crippen molar-refractivity contribution in [3.8, 4) is 17.1 Å². The van der Waals surface area contributed by atoms with Gasteiger partial charge in [-0.15, -0.1) is 0 Å². The Hall–Kier alpha value is -3.24. The Bertz CT molecular complexity index is 1050. The maximum atomic E-state index is 11.8. The molecule has 1 heterocycles. The minimum Gasteiger partial charge on any atom is -0.490 e. The fourth-order valence-electron chi connectivity index (χ4n) is 2.38. The maximum absolute atomic E-state index is 11.8. The molecule has 29 heavy (non-hydrogen) atoms. The van der Waals surface area contributed by atoms with Crippen LogP contribution in [0.25, 0.3) is 11.4 Å². The van der Waals surface area contributed by atoms with Crippen molar-refractivity contribution >= 4 is 16.0 Å². The maximum Gasteiger partial charge on any atom is 0.306 e. The van der Waals surface area contributed by atoms with Crippen LogP contribution in [0.5, 0.6) is 5.75 Å². The van der Waals surface area contributed by atoms with Crippen molar-refractivity contribution in [3.63, 3.8) is 0 Å². The highest BCUT2D eigenvalue weighted by Crippen LogP contribution is 2.16. The van der Waals surface area contributed by atoms with Gasteiger partial charge in [0.25, 0.3) is 0 Å². The number of hydrogen-bond acceptors (Lipinski definition) is 8. The zero-order valence-corrected chi connectivity index (χ0v) is 16.2. The van der Waals surface area contributed by atoms with Crippen molar-refractivity contribution in [1.82, 2.24) is 10.1 Å². The van der Waals surface area contributed by atoms with E-state index >= 15 is 0 Å². The molecule has 10 heteroatoms. The minimum absolute atomic E-state index is 0.00674. The molecule has 0 unspecified atom stereocenters. The van der Waals surface area contributed by atoms with E-state index in [1.807, 2.05) is 30.3 Å². The van der Waals surface area contributed by atoms with Gasteiger partial charge in [0.15, 0.2) is 0 Å². The number of primary sulfonamides is 1. The summed E-state index contributed by atoms with van der Waals surface area (Å²) in [7, 11) is -3.74. The number of aromatic nitrogens is 2. The average molecular weight is 417 g/mol. The van der Waals surface area contributed by atoms with E-state index in [0.29, 0.717) is 17.5 Å². The molecule has 0 spiro atoms. The molecular weight excluding hydrogens is 398 g/mol. The highest BCUT2D eigenvalue weighted by molar-refractivity contribution is 7.89. The molecule has 9 nitrogen and oxygen atoms in total. The quantitative estimate of drug-likeness (QED) is 0.412. The van der Waals surface area contributed by atoms with E-state index in [9.17, 15) is 13.2 Å². The highest BCUT2D eigenvalue weighted by atomic mass is 32.2. The first-order valence-electron chi connectivity index (χ1n) is 8.71. The van der Waals surface area contributed by atoms with Crippen molar-refractivity contribution in [3.05, 3.63) is 60.5 Å². The molecule has 1 aromatic heterocycles. The van der Waals surface area contributed by atoms with E-state index in [0.717, 1.165) is 5.56 Å². The normalized spacial score (nSPS) is 11.2. The van der Waals surface area contributed by atoms with Crippen molar-refractivity contribution in [1.29, 1.82) is 0 Å². The number of hydrogen-bond donors (Lipinski definition) is 1. The van der Waals surface area contributed by atoms with E-state index in [2.05, 4.69) is 10.1 Å². The number of ether oxygens (including phenoxy) is 2. The van der Waals surface area contributed by atoms with Gasteiger partial charge in [-0.25, -0.2) is 13.6 Å². The summed E-state index contributed by atoms with van der Waals surface area (Å²) < 4.78 is 38.0. The lowest BCUT2D eigenvalue weighted by atomic mass is 10.2. The van der Waals surface area contributed by atoms with Gasteiger partial charge in [0.1, 0.15) is 19.0 Å². The van der Waals surface area contributed by atoms with Crippen LogP contribution in [0, 0.1) is 0 Å². The summed E-state index contributed by atoms with van der Waals surface area (Å²) in [5.41, 5.74) is 0.833. The van der Waals surface area contributed by atoms with Gasteiger partial charge in [-0.2, -0.15) is 4.98 Å². The first-order chi connectivity index (χ1) is 13.9.